The minimum atomic E-state index is -0.286. The van der Waals surface area contributed by atoms with Gasteiger partial charge in [0.2, 0.25) is 0 Å². The van der Waals surface area contributed by atoms with Crippen molar-refractivity contribution in [3.05, 3.63) is 23.2 Å². The summed E-state index contributed by atoms with van der Waals surface area (Å²) >= 11 is 5.77. The summed E-state index contributed by atoms with van der Waals surface area (Å²) < 4.78 is 10.7. The monoisotopic (exact) mass is 234 g/mol. The maximum absolute atomic E-state index is 8.85. The maximum Gasteiger partial charge on any atom is 0.163 e. The molecule has 0 unspecified atom stereocenters. The molecular weight excluding hydrogens is 224 g/mol. The quantitative estimate of drug-likeness (QED) is 0.802. The number of aliphatic hydroxyl groups excluding tert-OH is 1. The van der Waals surface area contributed by atoms with Crippen LogP contribution < -0.4 is 9.47 Å². The normalized spacial score (nSPS) is 18.6. The molecule has 0 aromatic heterocycles. The van der Waals surface area contributed by atoms with Crippen molar-refractivity contribution in [2.45, 2.75) is 6.10 Å². The van der Waals surface area contributed by atoms with Gasteiger partial charge < -0.3 is 14.6 Å². The van der Waals surface area contributed by atoms with E-state index in [-0.39, 0.29) is 26.2 Å². The number of rotatable bonds is 1. The van der Waals surface area contributed by atoms with Gasteiger partial charge in [0.15, 0.2) is 17.6 Å². The van der Waals surface area contributed by atoms with Crippen LogP contribution in [0, 0.1) is 0 Å². The van der Waals surface area contributed by atoms with E-state index in [1.807, 2.05) is 0 Å². The summed E-state index contributed by atoms with van der Waals surface area (Å²) in [4.78, 5) is 0. The van der Waals surface area contributed by atoms with Crippen molar-refractivity contribution < 1.29 is 14.6 Å². The van der Waals surface area contributed by atoms with E-state index in [0.29, 0.717) is 23.1 Å². The van der Waals surface area contributed by atoms with Gasteiger partial charge in [0.25, 0.3) is 0 Å². The van der Waals surface area contributed by atoms with Crippen molar-refractivity contribution in [1.82, 2.24) is 0 Å². The van der Waals surface area contributed by atoms with Crippen LogP contribution in [0.2, 0.25) is 5.02 Å². The van der Waals surface area contributed by atoms with Gasteiger partial charge in [0.1, 0.15) is 6.61 Å². The first-order valence-corrected chi connectivity index (χ1v) is 4.37. The molecule has 0 radical (unpaired) electrons. The van der Waals surface area contributed by atoms with Gasteiger partial charge in [0, 0.05) is 11.1 Å². The van der Waals surface area contributed by atoms with E-state index in [2.05, 4.69) is 0 Å². The number of halogens is 1. The standard InChI is InChI=1S/C9H9ClO3.H2S/c10-6-1-2-8-9(3-6)13-7(4-11)5-12-8;/h1-3,7,11H,4-5H2;1H2/t7-;/m0./s1. The van der Waals surface area contributed by atoms with Gasteiger partial charge in [0.05, 0.1) is 6.61 Å². The predicted octanol–water partition coefficient (Wildman–Crippen LogP) is 1.58. The third-order valence-electron chi connectivity index (χ3n) is 1.83. The van der Waals surface area contributed by atoms with Gasteiger partial charge in [-0.15, -0.1) is 0 Å². The van der Waals surface area contributed by atoms with E-state index in [4.69, 9.17) is 26.2 Å². The summed E-state index contributed by atoms with van der Waals surface area (Å²) in [6.07, 6.45) is -0.286. The lowest BCUT2D eigenvalue weighted by atomic mass is 10.3. The molecule has 2 rings (SSSR count). The third-order valence-corrected chi connectivity index (χ3v) is 2.06. The number of aliphatic hydroxyl groups is 1. The SMILES string of the molecule is OC[C@H]1COc2ccc(Cl)cc2O1.S. The Bertz CT molecular complexity index is 319. The van der Waals surface area contributed by atoms with Crippen LogP contribution in [0.25, 0.3) is 0 Å². The summed E-state index contributed by atoms with van der Waals surface area (Å²) in [6.45, 7) is 0.330. The van der Waals surface area contributed by atoms with Crippen LogP contribution in [0.3, 0.4) is 0 Å². The van der Waals surface area contributed by atoms with Gasteiger partial charge in [-0.1, -0.05) is 11.6 Å². The largest absolute Gasteiger partial charge is 0.486 e. The molecule has 1 N–H and O–H groups in total. The number of ether oxygens (including phenoxy) is 2. The van der Waals surface area contributed by atoms with E-state index in [1.54, 1.807) is 18.2 Å². The highest BCUT2D eigenvalue weighted by molar-refractivity contribution is 7.59. The summed E-state index contributed by atoms with van der Waals surface area (Å²) in [5.74, 6) is 1.27. The van der Waals surface area contributed by atoms with Gasteiger partial charge in [-0.2, -0.15) is 13.5 Å². The average Bonchev–Trinajstić information content (AvgIpc) is 2.16. The van der Waals surface area contributed by atoms with Crippen LogP contribution in [0.5, 0.6) is 11.5 Å². The molecule has 1 heterocycles. The summed E-state index contributed by atoms with van der Waals surface area (Å²) in [5, 5.41) is 9.45. The van der Waals surface area contributed by atoms with Crippen LogP contribution in [-0.2, 0) is 0 Å². The molecule has 0 aliphatic carbocycles. The van der Waals surface area contributed by atoms with Crippen LogP contribution in [-0.4, -0.2) is 24.4 Å². The predicted molar refractivity (Wildman–Crippen MR) is 58.8 cm³/mol. The Balaban J connectivity index is 0.000000980. The van der Waals surface area contributed by atoms with Crippen LogP contribution in [0.1, 0.15) is 0 Å². The van der Waals surface area contributed by atoms with Crippen LogP contribution in [0.15, 0.2) is 18.2 Å². The van der Waals surface area contributed by atoms with E-state index in [0.717, 1.165) is 0 Å². The first-order valence-electron chi connectivity index (χ1n) is 3.99. The lowest BCUT2D eigenvalue weighted by Crippen LogP contribution is -2.32. The van der Waals surface area contributed by atoms with Crippen molar-refractivity contribution in [3.63, 3.8) is 0 Å². The molecule has 0 spiro atoms. The zero-order valence-corrected chi connectivity index (χ0v) is 9.12. The molecule has 0 fully saturated rings. The van der Waals surface area contributed by atoms with Crippen molar-refractivity contribution in [1.29, 1.82) is 0 Å². The van der Waals surface area contributed by atoms with Crippen molar-refractivity contribution >= 4 is 25.1 Å². The van der Waals surface area contributed by atoms with Crippen molar-refractivity contribution in [2.24, 2.45) is 0 Å². The Morgan fingerprint density at radius 2 is 2.21 bits per heavy atom. The highest BCUT2D eigenvalue weighted by Crippen LogP contribution is 2.33. The molecule has 1 aromatic carbocycles. The zero-order chi connectivity index (χ0) is 9.26. The Labute approximate surface area is 94.0 Å². The molecule has 3 nitrogen and oxygen atoms in total. The van der Waals surface area contributed by atoms with Crippen molar-refractivity contribution in [3.8, 4) is 11.5 Å². The Kier molecular flexibility index (Phi) is 3.92. The number of benzene rings is 1. The first-order chi connectivity index (χ1) is 6.29. The molecule has 1 aliphatic rings. The second-order valence-electron chi connectivity index (χ2n) is 2.82. The number of fused-ring (bicyclic) bond motifs is 1. The molecule has 78 valence electrons. The van der Waals surface area contributed by atoms with Crippen LogP contribution >= 0.6 is 25.1 Å². The fourth-order valence-electron chi connectivity index (χ4n) is 1.18. The van der Waals surface area contributed by atoms with Gasteiger partial charge in [-0.05, 0) is 12.1 Å². The van der Waals surface area contributed by atoms with Crippen LogP contribution in [0.4, 0.5) is 0 Å². The molecule has 0 amide bonds. The molecule has 1 aromatic rings. The molecule has 0 saturated heterocycles. The molecule has 0 bridgehead atoms. The topological polar surface area (TPSA) is 38.7 Å². The molecule has 1 atom stereocenters. The number of hydrogen-bond acceptors (Lipinski definition) is 3. The Morgan fingerprint density at radius 3 is 2.93 bits per heavy atom. The summed E-state index contributed by atoms with van der Waals surface area (Å²) in [5.41, 5.74) is 0. The Morgan fingerprint density at radius 1 is 1.43 bits per heavy atom. The fraction of sp³-hybridized carbons (Fsp3) is 0.333. The smallest absolute Gasteiger partial charge is 0.163 e. The van der Waals surface area contributed by atoms with E-state index in [1.165, 1.54) is 0 Å². The lowest BCUT2D eigenvalue weighted by molar-refractivity contribution is 0.0456. The fourth-order valence-corrected chi connectivity index (χ4v) is 1.34. The Hall–Kier alpha value is -0.580. The van der Waals surface area contributed by atoms with Gasteiger partial charge in [-0.25, -0.2) is 0 Å². The number of hydrogen-bond donors (Lipinski definition) is 1. The highest BCUT2D eigenvalue weighted by Gasteiger charge is 2.19. The molecule has 14 heavy (non-hydrogen) atoms. The molecule has 1 aliphatic heterocycles. The average molecular weight is 235 g/mol. The highest BCUT2D eigenvalue weighted by atomic mass is 35.5. The first kappa shape index (κ1) is 11.5. The second kappa shape index (κ2) is 4.77. The lowest BCUT2D eigenvalue weighted by Gasteiger charge is -2.25. The third kappa shape index (κ3) is 2.26. The van der Waals surface area contributed by atoms with Gasteiger partial charge in [-0.3, -0.25) is 0 Å². The maximum atomic E-state index is 8.85. The van der Waals surface area contributed by atoms with E-state index < -0.39 is 0 Å². The summed E-state index contributed by atoms with van der Waals surface area (Å²) in [7, 11) is 0. The minimum Gasteiger partial charge on any atom is -0.486 e. The molecular formula is C9H11ClO3S. The minimum absolute atomic E-state index is 0. The second-order valence-corrected chi connectivity index (χ2v) is 3.26. The molecule has 5 heteroatoms. The van der Waals surface area contributed by atoms with E-state index >= 15 is 0 Å². The zero-order valence-electron chi connectivity index (χ0n) is 7.37. The van der Waals surface area contributed by atoms with E-state index in [9.17, 15) is 0 Å². The molecule has 0 saturated carbocycles. The van der Waals surface area contributed by atoms with Gasteiger partial charge >= 0.3 is 0 Å². The van der Waals surface area contributed by atoms with Crippen molar-refractivity contribution in [2.75, 3.05) is 13.2 Å². The summed E-state index contributed by atoms with van der Waals surface area (Å²) in [6, 6.07) is 5.17.